The van der Waals surface area contributed by atoms with Crippen LogP contribution in [-0.4, -0.2) is 48.6 Å². The molecule has 0 aliphatic rings. The van der Waals surface area contributed by atoms with Gasteiger partial charge in [0.2, 0.25) is 0 Å². The van der Waals surface area contributed by atoms with Gasteiger partial charge >= 0.3 is 5.97 Å². The van der Waals surface area contributed by atoms with Crippen molar-refractivity contribution >= 4 is 31.6 Å². The van der Waals surface area contributed by atoms with E-state index in [4.69, 9.17) is 13.6 Å². The first-order chi connectivity index (χ1) is 8.44. The zero-order valence-corrected chi connectivity index (χ0v) is 15.9. The predicted molar refractivity (Wildman–Crippen MR) is 83.2 cm³/mol. The maximum atomic E-state index is 11.0. The zero-order chi connectivity index (χ0) is 15.3. The topological polar surface area (TPSA) is 65.0 Å². The fourth-order valence-electron chi connectivity index (χ4n) is 1.18. The average Bonchev–Trinajstić information content (AvgIpc) is 2.20. The van der Waals surface area contributed by atoms with Crippen molar-refractivity contribution in [2.75, 3.05) is 6.23 Å². The lowest BCUT2D eigenvalue weighted by Crippen LogP contribution is -2.50. The molecule has 19 heavy (non-hydrogen) atoms. The highest BCUT2D eigenvalue weighted by molar-refractivity contribution is 6.72. The van der Waals surface area contributed by atoms with Crippen molar-refractivity contribution in [2.45, 2.75) is 45.2 Å². The molecule has 0 aromatic rings. The van der Waals surface area contributed by atoms with E-state index in [2.05, 4.69) is 6.58 Å². The second kappa shape index (κ2) is 7.50. The second-order valence-electron chi connectivity index (χ2n) is 6.23. The van der Waals surface area contributed by atoms with Crippen molar-refractivity contribution in [1.82, 2.24) is 0 Å². The van der Waals surface area contributed by atoms with Gasteiger partial charge in [-0.05, 0) is 39.3 Å². The van der Waals surface area contributed by atoms with E-state index < -0.39 is 37.6 Å². The molecule has 0 rings (SSSR count). The van der Waals surface area contributed by atoms with E-state index in [0.717, 1.165) is 6.08 Å². The standard InChI is InChI=1S/C11H26O5Si3/c1-8-10(12)14-9-17(13)11(15-18(2,3)4)16-19(5,6)7/h8,11,13,17H,1,9H2,2-7H3. The third kappa shape index (κ3) is 10.2. The van der Waals surface area contributed by atoms with Crippen LogP contribution in [-0.2, 0) is 18.4 Å². The average molecular weight is 323 g/mol. The molecule has 0 aliphatic carbocycles. The zero-order valence-electron chi connectivity index (χ0n) is 12.7. The molecule has 0 radical (unpaired) electrons. The molecule has 0 aliphatic heterocycles. The van der Waals surface area contributed by atoms with Gasteiger partial charge in [-0.2, -0.15) is 0 Å². The Morgan fingerprint density at radius 1 is 1.21 bits per heavy atom. The van der Waals surface area contributed by atoms with Crippen molar-refractivity contribution in [3.05, 3.63) is 12.7 Å². The van der Waals surface area contributed by atoms with E-state index in [1.165, 1.54) is 0 Å². The number of hydrogen-bond acceptors (Lipinski definition) is 5. The van der Waals surface area contributed by atoms with Crippen LogP contribution in [0.3, 0.4) is 0 Å². The Morgan fingerprint density at radius 2 is 1.63 bits per heavy atom. The van der Waals surface area contributed by atoms with Crippen LogP contribution >= 0.6 is 0 Å². The number of carbonyl (C=O) groups is 1. The minimum Gasteiger partial charge on any atom is -0.463 e. The molecule has 5 nitrogen and oxygen atoms in total. The van der Waals surface area contributed by atoms with Gasteiger partial charge in [-0.1, -0.05) is 6.58 Å². The molecule has 1 atom stereocenters. The van der Waals surface area contributed by atoms with Gasteiger partial charge in [0, 0.05) is 6.08 Å². The van der Waals surface area contributed by atoms with Crippen molar-refractivity contribution in [3.63, 3.8) is 0 Å². The lowest BCUT2D eigenvalue weighted by molar-refractivity contribution is -0.136. The number of rotatable bonds is 8. The summed E-state index contributed by atoms with van der Waals surface area (Å²) in [6, 6.07) is 0. The molecule has 1 N–H and O–H groups in total. The Morgan fingerprint density at radius 3 is 1.95 bits per heavy atom. The van der Waals surface area contributed by atoms with E-state index in [9.17, 15) is 9.59 Å². The predicted octanol–water partition coefficient (Wildman–Crippen LogP) is 1.54. The molecule has 0 saturated carbocycles. The number of hydrogen-bond donors (Lipinski definition) is 1. The Bertz CT molecular complexity index is 292. The summed E-state index contributed by atoms with van der Waals surface area (Å²) < 4.78 is 16.7. The molecule has 0 bridgehead atoms. The van der Waals surface area contributed by atoms with Crippen LogP contribution in [0.15, 0.2) is 12.7 Å². The van der Waals surface area contributed by atoms with Crippen LogP contribution in [0.25, 0.3) is 0 Å². The number of esters is 1. The van der Waals surface area contributed by atoms with Gasteiger partial charge in [0.15, 0.2) is 22.5 Å². The van der Waals surface area contributed by atoms with Gasteiger partial charge < -0.3 is 18.4 Å². The van der Waals surface area contributed by atoms with Crippen molar-refractivity contribution in [2.24, 2.45) is 0 Å². The van der Waals surface area contributed by atoms with Crippen LogP contribution in [0, 0.1) is 0 Å². The third-order valence-corrected chi connectivity index (χ3v) is 5.65. The van der Waals surface area contributed by atoms with E-state index >= 15 is 0 Å². The van der Waals surface area contributed by atoms with Gasteiger partial charge in [0.25, 0.3) is 9.04 Å². The van der Waals surface area contributed by atoms with Gasteiger partial charge in [-0.15, -0.1) is 0 Å². The molecule has 8 heteroatoms. The van der Waals surface area contributed by atoms with E-state index in [1.807, 2.05) is 39.3 Å². The fraction of sp³-hybridized carbons (Fsp3) is 0.727. The van der Waals surface area contributed by atoms with E-state index in [-0.39, 0.29) is 6.23 Å². The first-order valence-corrected chi connectivity index (χ1v) is 15.1. The van der Waals surface area contributed by atoms with Crippen molar-refractivity contribution < 1.29 is 23.2 Å². The first kappa shape index (κ1) is 18.7. The van der Waals surface area contributed by atoms with Crippen LogP contribution < -0.4 is 0 Å². The largest absolute Gasteiger partial charge is 0.463 e. The summed E-state index contributed by atoms with van der Waals surface area (Å²) in [4.78, 5) is 21.2. The van der Waals surface area contributed by atoms with Gasteiger partial charge in [-0.3, -0.25) is 0 Å². The molecule has 0 spiro atoms. The highest BCUT2D eigenvalue weighted by Crippen LogP contribution is 2.15. The first-order valence-electron chi connectivity index (χ1n) is 6.27. The summed E-state index contributed by atoms with van der Waals surface area (Å²) in [5, 5.41) is 0. The summed E-state index contributed by atoms with van der Waals surface area (Å²) >= 11 is 0. The molecular weight excluding hydrogens is 296 g/mol. The minimum atomic E-state index is -2.45. The Balaban J connectivity index is 4.63. The van der Waals surface area contributed by atoms with Crippen molar-refractivity contribution in [3.8, 4) is 0 Å². The summed E-state index contributed by atoms with van der Waals surface area (Å²) in [6.45, 7) is 15.5. The van der Waals surface area contributed by atoms with Crippen LogP contribution in [0.1, 0.15) is 0 Å². The molecule has 0 aromatic carbocycles. The highest BCUT2D eigenvalue weighted by Gasteiger charge is 2.33. The van der Waals surface area contributed by atoms with Gasteiger partial charge in [0.05, 0.1) is 0 Å². The van der Waals surface area contributed by atoms with E-state index in [1.54, 1.807) is 0 Å². The quantitative estimate of drug-likeness (QED) is 0.318. The normalized spacial score (nSPS) is 14.3. The SMILES string of the molecule is C=CC(=O)OC[SiH](O)C(O[Si](C)(C)C)O[Si](C)(C)C. The van der Waals surface area contributed by atoms with Crippen LogP contribution in [0.4, 0.5) is 0 Å². The lowest BCUT2D eigenvalue weighted by Gasteiger charge is -2.33. The summed E-state index contributed by atoms with van der Waals surface area (Å²) in [5.41, 5.74) is 0. The fourth-order valence-corrected chi connectivity index (χ4v) is 6.97. The Kier molecular flexibility index (Phi) is 7.40. The third-order valence-electron chi connectivity index (χ3n) is 1.82. The van der Waals surface area contributed by atoms with Gasteiger partial charge in [-0.25, -0.2) is 4.79 Å². The van der Waals surface area contributed by atoms with Crippen LogP contribution in [0.2, 0.25) is 39.3 Å². The lowest BCUT2D eigenvalue weighted by atomic mass is 10.7. The maximum Gasteiger partial charge on any atom is 0.329 e. The molecule has 112 valence electrons. The monoisotopic (exact) mass is 322 g/mol. The smallest absolute Gasteiger partial charge is 0.329 e. The summed E-state index contributed by atoms with van der Waals surface area (Å²) in [5.74, 6) is -1.15. The molecule has 0 heterocycles. The van der Waals surface area contributed by atoms with Crippen molar-refractivity contribution in [1.29, 1.82) is 0 Å². The molecule has 0 amide bonds. The number of ether oxygens (including phenoxy) is 1. The Hall–Kier alpha value is -0.259. The summed E-state index contributed by atoms with van der Waals surface area (Å²) in [7, 11) is -6.12. The molecule has 1 unspecified atom stereocenters. The minimum absolute atomic E-state index is 0.0233. The van der Waals surface area contributed by atoms with Gasteiger partial charge in [0.1, 0.15) is 6.23 Å². The second-order valence-corrected chi connectivity index (χ2v) is 17.2. The number of carbonyl (C=O) groups excluding carboxylic acids is 1. The highest BCUT2D eigenvalue weighted by atomic mass is 28.4. The molecule has 0 saturated heterocycles. The maximum absolute atomic E-state index is 11.0. The Labute approximate surface area is 119 Å². The molecule has 0 fully saturated rings. The molecular formula is C11H26O5Si3. The van der Waals surface area contributed by atoms with E-state index in [0.29, 0.717) is 0 Å². The summed E-state index contributed by atoms with van der Waals surface area (Å²) in [6.07, 6.45) is 1.05. The molecule has 0 aromatic heterocycles. The van der Waals surface area contributed by atoms with Crippen LogP contribution in [0.5, 0.6) is 0 Å².